The normalized spacial score (nSPS) is 13.6. The van der Waals surface area contributed by atoms with Gasteiger partial charge in [-0.1, -0.05) is 73.0 Å². The molecule has 1 unspecified atom stereocenters. The minimum atomic E-state index is -4.49. The van der Waals surface area contributed by atoms with Crippen LogP contribution in [-0.2, 0) is 32.6 Å². The number of anilines is 1. The molecule has 0 aromatic heterocycles. The number of nitrogens with zero attached hydrogens (tertiary/aromatic N) is 2. The number of hydrogen-bond donors (Lipinski definition) is 1. The summed E-state index contributed by atoms with van der Waals surface area (Å²) in [4.78, 5) is 30.6. The Kier molecular flexibility index (Phi) is 12.7. The summed E-state index contributed by atoms with van der Waals surface area (Å²) in [7, 11) is 1.26. The van der Waals surface area contributed by atoms with Gasteiger partial charge in [-0.05, 0) is 55.2 Å². The quantitative estimate of drug-likeness (QED) is 0.151. The Morgan fingerprint density at radius 3 is 2.10 bits per heavy atom. The van der Waals surface area contributed by atoms with Crippen molar-refractivity contribution in [1.29, 1.82) is 0 Å². The molecule has 4 aromatic carbocycles. The van der Waals surface area contributed by atoms with Gasteiger partial charge in [-0.15, -0.1) is 0 Å². The van der Waals surface area contributed by atoms with Crippen LogP contribution in [0.3, 0.4) is 0 Å². The highest BCUT2D eigenvalue weighted by atomic mass is 32.2. The molecule has 5 rings (SSSR count). The Labute approximate surface area is 306 Å². The lowest BCUT2D eigenvalue weighted by Crippen LogP contribution is -2.54. The number of rotatable bonds is 16. The van der Waals surface area contributed by atoms with Crippen LogP contribution in [-0.4, -0.2) is 72.2 Å². The van der Waals surface area contributed by atoms with Gasteiger partial charge in [-0.3, -0.25) is 13.9 Å². The van der Waals surface area contributed by atoms with Crippen LogP contribution in [0.1, 0.15) is 42.4 Å². The van der Waals surface area contributed by atoms with E-state index in [9.17, 15) is 18.0 Å². The van der Waals surface area contributed by atoms with Crippen LogP contribution in [0, 0.1) is 6.92 Å². The van der Waals surface area contributed by atoms with Gasteiger partial charge in [0, 0.05) is 31.1 Å². The molecule has 1 fully saturated rings. The SMILES string of the molecule is COc1ccc(OC)c(N(CC(=O)N(Cc2cccc(C)c2)C(Cc2ccccc2)C(=O)NC2CCCC2)S(=O)(=O)c2ccc(OC)c(OC)c2)c1. The maximum Gasteiger partial charge on any atom is 0.265 e. The minimum absolute atomic E-state index is 0.00432. The smallest absolute Gasteiger partial charge is 0.265 e. The van der Waals surface area contributed by atoms with E-state index in [4.69, 9.17) is 18.9 Å². The topological polar surface area (TPSA) is 124 Å². The molecule has 1 N–H and O–H groups in total. The highest BCUT2D eigenvalue weighted by Gasteiger charge is 2.37. The van der Waals surface area contributed by atoms with E-state index in [0.717, 1.165) is 46.7 Å². The molecule has 1 atom stereocenters. The van der Waals surface area contributed by atoms with Crippen molar-refractivity contribution in [2.45, 2.75) is 62.6 Å². The van der Waals surface area contributed by atoms with Crippen LogP contribution in [0.2, 0.25) is 0 Å². The second-order valence-corrected chi connectivity index (χ2v) is 14.6. The second-order valence-electron chi connectivity index (χ2n) is 12.8. The zero-order valence-electron chi connectivity index (χ0n) is 30.3. The maximum absolute atomic E-state index is 15.0. The number of methoxy groups -OCH3 is 4. The van der Waals surface area contributed by atoms with E-state index in [1.54, 1.807) is 12.1 Å². The lowest BCUT2D eigenvalue weighted by molar-refractivity contribution is -0.140. The number of sulfonamides is 1. The molecule has 1 aliphatic rings. The van der Waals surface area contributed by atoms with Crippen LogP contribution < -0.4 is 28.6 Å². The molecule has 0 aliphatic heterocycles. The zero-order chi connectivity index (χ0) is 37.3. The molecular weight excluding hydrogens is 683 g/mol. The van der Waals surface area contributed by atoms with Crippen LogP contribution in [0.5, 0.6) is 23.0 Å². The first kappa shape index (κ1) is 38.0. The van der Waals surface area contributed by atoms with E-state index < -0.39 is 28.5 Å². The van der Waals surface area contributed by atoms with Crippen molar-refractivity contribution in [3.8, 4) is 23.0 Å². The number of carbonyl (C=O) groups is 2. The Bertz CT molecular complexity index is 1950. The Hall–Kier alpha value is -5.23. The summed E-state index contributed by atoms with van der Waals surface area (Å²) in [5, 5.41) is 3.20. The standard InChI is InChI=1S/C40H47N3O8S/c1-28-12-11-15-30(22-28)26-42(35(23-29-13-7-6-8-14-29)40(45)41-31-16-9-10-17-31)39(44)27-43(34-24-32(48-2)18-20-36(34)49-3)52(46,47)33-19-21-37(50-4)38(25-33)51-5/h6-8,11-15,18-22,24-25,31,35H,9-10,16-17,23,26-27H2,1-5H3,(H,41,45). The number of hydrogen-bond acceptors (Lipinski definition) is 8. The molecular formula is C40H47N3O8S. The lowest BCUT2D eigenvalue weighted by Gasteiger charge is -2.34. The molecule has 0 radical (unpaired) electrons. The largest absolute Gasteiger partial charge is 0.497 e. The molecule has 0 bridgehead atoms. The highest BCUT2D eigenvalue weighted by Crippen LogP contribution is 2.38. The van der Waals surface area contributed by atoms with E-state index >= 15 is 0 Å². The number of nitrogens with one attached hydrogen (secondary N) is 1. The summed E-state index contributed by atoms with van der Waals surface area (Å²) in [5.41, 5.74) is 2.72. The summed E-state index contributed by atoms with van der Waals surface area (Å²) in [6, 6.07) is 25.2. The van der Waals surface area contributed by atoms with Gasteiger partial charge in [-0.2, -0.15) is 0 Å². The molecule has 2 amide bonds. The summed E-state index contributed by atoms with van der Waals surface area (Å²) in [6.45, 7) is 1.36. The molecule has 12 heteroatoms. The molecule has 52 heavy (non-hydrogen) atoms. The molecule has 0 spiro atoms. The number of amides is 2. The third-order valence-corrected chi connectivity index (χ3v) is 11.0. The first-order valence-corrected chi connectivity index (χ1v) is 18.7. The van der Waals surface area contributed by atoms with Crippen molar-refractivity contribution in [3.05, 3.63) is 108 Å². The van der Waals surface area contributed by atoms with Gasteiger partial charge in [0.25, 0.3) is 10.0 Å². The minimum Gasteiger partial charge on any atom is -0.497 e. The molecule has 11 nitrogen and oxygen atoms in total. The molecule has 1 saturated carbocycles. The predicted molar refractivity (Wildman–Crippen MR) is 200 cm³/mol. The van der Waals surface area contributed by atoms with Gasteiger partial charge in [0.15, 0.2) is 11.5 Å². The molecule has 0 heterocycles. The summed E-state index contributed by atoms with van der Waals surface area (Å²) in [6.07, 6.45) is 3.99. The van der Waals surface area contributed by atoms with Crippen molar-refractivity contribution in [2.75, 3.05) is 39.3 Å². The molecule has 0 saturated heterocycles. The monoisotopic (exact) mass is 729 g/mol. The van der Waals surface area contributed by atoms with Gasteiger partial charge in [0.05, 0.1) is 39.0 Å². The average molecular weight is 730 g/mol. The molecule has 276 valence electrons. The van der Waals surface area contributed by atoms with Crippen LogP contribution >= 0.6 is 0 Å². The van der Waals surface area contributed by atoms with Gasteiger partial charge >= 0.3 is 0 Å². The lowest BCUT2D eigenvalue weighted by atomic mass is 10.0. The van der Waals surface area contributed by atoms with Gasteiger partial charge in [0.1, 0.15) is 24.1 Å². The fourth-order valence-electron chi connectivity index (χ4n) is 6.54. The van der Waals surface area contributed by atoms with Gasteiger partial charge in [-0.25, -0.2) is 8.42 Å². The van der Waals surface area contributed by atoms with Crippen molar-refractivity contribution in [2.24, 2.45) is 0 Å². The van der Waals surface area contributed by atoms with Crippen molar-refractivity contribution in [1.82, 2.24) is 10.2 Å². The Balaban J connectivity index is 1.64. The fourth-order valence-corrected chi connectivity index (χ4v) is 7.97. The summed E-state index contributed by atoms with van der Waals surface area (Å²) < 4.78 is 52.4. The zero-order valence-corrected chi connectivity index (χ0v) is 31.1. The van der Waals surface area contributed by atoms with E-state index in [0.29, 0.717) is 11.5 Å². The number of aryl methyl sites for hydroxylation is 1. The third kappa shape index (κ3) is 8.97. The number of carbonyl (C=O) groups excluding carboxylic acids is 2. The van der Waals surface area contributed by atoms with Crippen LogP contribution in [0.25, 0.3) is 0 Å². The van der Waals surface area contributed by atoms with E-state index in [1.807, 2.05) is 61.5 Å². The summed E-state index contributed by atoms with van der Waals surface area (Å²) >= 11 is 0. The van der Waals surface area contributed by atoms with Gasteiger partial charge in [0.2, 0.25) is 11.8 Å². The van der Waals surface area contributed by atoms with Crippen LogP contribution in [0.15, 0.2) is 95.9 Å². The number of benzene rings is 4. The predicted octanol–water partition coefficient (Wildman–Crippen LogP) is 5.92. The Morgan fingerprint density at radius 2 is 1.44 bits per heavy atom. The molecule has 4 aromatic rings. The van der Waals surface area contributed by atoms with Crippen molar-refractivity contribution >= 4 is 27.5 Å². The van der Waals surface area contributed by atoms with E-state index in [2.05, 4.69) is 5.32 Å². The average Bonchev–Trinajstić information content (AvgIpc) is 3.67. The highest BCUT2D eigenvalue weighted by molar-refractivity contribution is 7.92. The second kappa shape index (κ2) is 17.3. The fraction of sp³-hybridized carbons (Fsp3) is 0.350. The van der Waals surface area contributed by atoms with E-state index in [-0.39, 0.29) is 47.0 Å². The van der Waals surface area contributed by atoms with E-state index in [1.165, 1.54) is 57.6 Å². The maximum atomic E-state index is 15.0. The van der Waals surface area contributed by atoms with Crippen molar-refractivity contribution in [3.63, 3.8) is 0 Å². The third-order valence-electron chi connectivity index (χ3n) is 9.28. The van der Waals surface area contributed by atoms with Crippen LogP contribution in [0.4, 0.5) is 5.69 Å². The first-order chi connectivity index (χ1) is 25.1. The first-order valence-electron chi connectivity index (χ1n) is 17.2. The van der Waals surface area contributed by atoms with Gasteiger partial charge < -0.3 is 29.2 Å². The summed E-state index contributed by atoms with van der Waals surface area (Å²) in [5.74, 6) is 0.209. The number of ether oxygens (including phenoxy) is 4. The Morgan fingerprint density at radius 1 is 0.769 bits per heavy atom. The molecule has 1 aliphatic carbocycles. The van der Waals surface area contributed by atoms with Crippen molar-refractivity contribution < 1.29 is 37.0 Å².